The van der Waals surface area contributed by atoms with Gasteiger partial charge in [0.05, 0.1) is 0 Å². The van der Waals surface area contributed by atoms with Gasteiger partial charge in [0, 0.05) is 49.9 Å². The summed E-state index contributed by atoms with van der Waals surface area (Å²) in [5.41, 5.74) is 0.621. The maximum Gasteiger partial charge on any atom is 0.407 e. The summed E-state index contributed by atoms with van der Waals surface area (Å²) in [5, 5.41) is 2.80. The molecule has 1 saturated carbocycles. The number of carbonyl (C=O) groups is 1. The molecule has 1 aliphatic heterocycles. The Bertz CT molecular complexity index is 590. The van der Waals surface area contributed by atoms with Crippen molar-refractivity contribution in [3.8, 4) is 5.88 Å². The Labute approximate surface area is 148 Å². The van der Waals surface area contributed by atoms with Crippen molar-refractivity contribution in [1.82, 2.24) is 15.3 Å². The summed E-state index contributed by atoms with van der Waals surface area (Å²) in [6.45, 7) is 7.28. The van der Waals surface area contributed by atoms with Gasteiger partial charge in [0.2, 0.25) is 5.88 Å². The van der Waals surface area contributed by atoms with Crippen molar-refractivity contribution in [2.75, 3.05) is 13.2 Å². The summed E-state index contributed by atoms with van der Waals surface area (Å²) in [5.74, 6) is 0.944. The van der Waals surface area contributed by atoms with Crippen molar-refractivity contribution < 1.29 is 19.0 Å². The minimum absolute atomic E-state index is 0.0164. The first-order valence-corrected chi connectivity index (χ1v) is 8.95. The van der Waals surface area contributed by atoms with Gasteiger partial charge in [-0.15, -0.1) is 0 Å². The van der Waals surface area contributed by atoms with E-state index >= 15 is 0 Å². The lowest BCUT2D eigenvalue weighted by Crippen LogP contribution is -2.46. The number of aromatic nitrogens is 2. The van der Waals surface area contributed by atoms with E-state index in [9.17, 15) is 4.79 Å². The van der Waals surface area contributed by atoms with Crippen LogP contribution in [0.4, 0.5) is 4.79 Å². The van der Waals surface area contributed by atoms with E-state index in [4.69, 9.17) is 14.2 Å². The summed E-state index contributed by atoms with van der Waals surface area (Å²) in [7, 11) is 0. The minimum Gasteiger partial charge on any atom is -0.473 e. The first-order valence-electron chi connectivity index (χ1n) is 8.95. The van der Waals surface area contributed by atoms with Crippen LogP contribution in [0.5, 0.6) is 5.88 Å². The third-order valence-electron chi connectivity index (χ3n) is 4.38. The fraction of sp³-hybridized carbons (Fsp3) is 0.722. The number of nitrogens with zero attached hydrogens (tertiary/aromatic N) is 2. The first-order chi connectivity index (χ1) is 11.9. The van der Waals surface area contributed by atoms with E-state index in [0.29, 0.717) is 24.6 Å². The molecule has 1 amide bonds. The number of nitrogens with one attached hydrogen (secondary N) is 1. The number of ether oxygens (including phenoxy) is 3. The Balaban J connectivity index is 1.49. The molecule has 1 saturated heterocycles. The van der Waals surface area contributed by atoms with Crippen LogP contribution in [-0.2, 0) is 9.47 Å². The molecule has 2 aliphatic rings. The van der Waals surface area contributed by atoms with Crippen molar-refractivity contribution in [1.29, 1.82) is 0 Å². The highest BCUT2D eigenvalue weighted by Crippen LogP contribution is 2.34. The molecule has 0 radical (unpaired) electrons. The van der Waals surface area contributed by atoms with Gasteiger partial charge in [0.25, 0.3) is 0 Å². The zero-order valence-corrected chi connectivity index (χ0v) is 15.2. The number of amides is 1. The molecular weight excluding hydrogens is 322 g/mol. The average Bonchev–Trinajstić information content (AvgIpc) is 2.52. The molecule has 0 unspecified atom stereocenters. The number of rotatable bonds is 4. The Morgan fingerprint density at radius 3 is 2.52 bits per heavy atom. The molecular formula is C18H27N3O4. The largest absolute Gasteiger partial charge is 0.473 e. The molecule has 3 rings (SSSR count). The number of hydrogen-bond donors (Lipinski definition) is 1. The normalized spacial score (nSPS) is 24.3. The van der Waals surface area contributed by atoms with Gasteiger partial charge in [-0.2, -0.15) is 0 Å². The van der Waals surface area contributed by atoms with Gasteiger partial charge in [-0.25, -0.2) is 9.78 Å². The van der Waals surface area contributed by atoms with Crippen LogP contribution in [0, 0.1) is 0 Å². The molecule has 1 aliphatic carbocycles. The van der Waals surface area contributed by atoms with Crippen molar-refractivity contribution in [3.05, 3.63) is 18.1 Å². The van der Waals surface area contributed by atoms with E-state index in [1.807, 2.05) is 20.8 Å². The van der Waals surface area contributed by atoms with Crippen LogP contribution in [0.2, 0.25) is 0 Å². The van der Waals surface area contributed by atoms with Crippen LogP contribution in [0.3, 0.4) is 0 Å². The molecule has 2 heterocycles. The molecule has 25 heavy (non-hydrogen) atoms. The quantitative estimate of drug-likeness (QED) is 0.900. The zero-order chi connectivity index (χ0) is 17.9. The minimum atomic E-state index is -0.377. The highest BCUT2D eigenvalue weighted by atomic mass is 16.6. The summed E-state index contributed by atoms with van der Waals surface area (Å²) in [4.78, 5) is 20.6. The monoisotopic (exact) mass is 349 g/mol. The van der Waals surface area contributed by atoms with Crippen molar-refractivity contribution >= 4 is 6.09 Å². The van der Waals surface area contributed by atoms with Crippen LogP contribution < -0.4 is 10.1 Å². The van der Waals surface area contributed by atoms with Gasteiger partial charge >= 0.3 is 6.09 Å². The molecule has 7 heteroatoms. The fourth-order valence-corrected chi connectivity index (χ4v) is 3.03. The molecule has 0 bridgehead atoms. The van der Waals surface area contributed by atoms with Gasteiger partial charge in [0.15, 0.2) is 0 Å². The molecule has 1 aromatic rings. The molecule has 138 valence electrons. The van der Waals surface area contributed by atoms with Gasteiger partial charge in [0.1, 0.15) is 17.9 Å². The third kappa shape index (κ3) is 5.04. The summed E-state index contributed by atoms with van der Waals surface area (Å²) < 4.78 is 16.8. The van der Waals surface area contributed by atoms with Crippen LogP contribution in [-0.4, -0.2) is 47.0 Å². The van der Waals surface area contributed by atoms with Crippen LogP contribution in [0.25, 0.3) is 0 Å². The smallest absolute Gasteiger partial charge is 0.407 e. The number of hydrogen-bond acceptors (Lipinski definition) is 6. The van der Waals surface area contributed by atoms with Crippen molar-refractivity contribution in [2.45, 2.75) is 70.1 Å². The summed E-state index contributed by atoms with van der Waals surface area (Å²) in [6, 6.07) is 0. The highest BCUT2D eigenvalue weighted by molar-refractivity contribution is 5.68. The maximum absolute atomic E-state index is 11.8. The van der Waals surface area contributed by atoms with Gasteiger partial charge in [-0.05, 0) is 33.6 Å². The third-order valence-corrected chi connectivity index (χ3v) is 4.38. The van der Waals surface area contributed by atoms with Gasteiger partial charge < -0.3 is 19.5 Å². The second kappa shape index (κ2) is 7.56. The Hall–Kier alpha value is -1.89. The molecule has 1 aromatic heterocycles. The molecule has 1 N–H and O–H groups in total. The van der Waals surface area contributed by atoms with Gasteiger partial charge in [-0.3, -0.25) is 4.98 Å². The second-order valence-electron chi connectivity index (χ2n) is 7.75. The summed E-state index contributed by atoms with van der Waals surface area (Å²) in [6.07, 6.45) is 6.15. The van der Waals surface area contributed by atoms with Gasteiger partial charge in [-0.1, -0.05) is 0 Å². The van der Waals surface area contributed by atoms with E-state index in [1.54, 1.807) is 12.4 Å². The second-order valence-corrected chi connectivity index (χ2v) is 7.75. The molecule has 0 aromatic carbocycles. The van der Waals surface area contributed by atoms with Crippen molar-refractivity contribution in [2.24, 2.45) is 0 Å². The lowest BCUT2D eigenvalue weighted by molar-refractivity contribution is -0.0269. The number of alkyl carbamates (subject to hydrolysis) is 1. The van der Waals surface area contributed by atoms with E-state index in [-0.39, 0.29) is 23.8 Å². The maximum atomic E-state index is 11.8. The number of carbonyl (C=O) groups excluding carboxylic acids is 1. The molecule has 7 nitrogen and oxygen atoms in total. The Kier molecular flexibility index (Phi) is 5.42. The fourth-order valence-electron chi connectivity index (χ4n) is 3.03. The zero-order valence-electron chi connectivity index (χ0n) is 15.2. The lowest BCUT2D eigenvalue weighted by Gasteiger charge is -2.35. The van der Waals surface area contributed by atoms with E-state index in [0.717, 1.165) is 31.7 Å². The van der Waals surface area contributed by atoms with Crippen LogP contribution in [0.1, 0.15) is 58.1 Å². The van der Waals surface area contributed by atoms with E-state index in [2.05, 4.69) is 15.3 Å². The Morgan fingerprint density at radius 1 is 1.16 bits per heavy atom. The molecule has 0 atom stereocenters. The molecule has 0 spiro atoms. The first kappa shape index (κ1) is 17.9. The predicted octanol–water partition coefficient (Wildman–Crippen LogP) is 2.81. The SMILES string of the molecule is CC(C)(C)NC(=O)OC1CC(Oc2nccnc2C2CCOCC2)C1. The Morgan fingerprint density at radius 2 is 1.84 bits per heavy atom. The van der Waals surface area contributed by atoms with Crippen LogP contribution >= 0.6 is 0 Å². The van der Waals surface area contributed by atoms with E-state index in [1.165, 1.54) is 0 Å². The predicted molar refractivity (Wildman–Crippen MR) is 91.6 cm³/mol. The standard InChI is InChI=1S/C18H27N3O4/c1-18(2,3)21-17(22)25-14-10-13(11-14)24-16-15(19-6-7-20-16)12-4-8-23-9-5-12/h6-7,12-14H,4-5,8-11H2,1-3H3,(H,21,22). The van der Waals surface area contributed by atoms with Crippen molar-refractivity contribution in [3.63, 3.8) is 0 Å². The summed E-state index contributed by atoms with van der Waals surface area (Å²) >= 11 is 0. The lowest BCUT2D eigenvalue weighted by atomic mass is 9.91. The highest BCUT2D eigenvalue weighted by Gasteiger charge is 2.36. The average molecular weight is 349 g/mol. The van der Waals surface area contributed by atoms with Crippen LogP contribution in [0.15, 0.2) is 12.4 Å². The topological polar surface area (TPSA) is 82.6 Å². The van der Waals surface area contributed by atoms with E-state index < -0.39 is 0 Å². The molecule has 2 fully saturated rings.